The summed E-state index contributed by atoms with van der Waals surface area (Å²) in [6, 6.07) is 21.8. The van der Waals surface area contributed by atoms with Crippen molar-refractivity contribution in [1.82, 2.24) is 21.3 Å². The second-order valence-electron chi connectivity index (χ2n) is 14.3. The van der Waals surface area contributed by atoms with Crippen molar-refractivity contribution in [3.8, 4) is 11.1 Å². The summed E-state index contributed by atoms with van der Waals surface area (Å²) in [5.41, 5.74) is 14.6. The zero-order chi connectivity index (χ0) is 41.7. The molecule has 306 valence electrons. The first-order valence-corrected chi connectivity index (χ1v) is 19.5. The normalized spacial score (nSPS) is 13.5. The molecule has 0 saturated heterocycles. The molecule has 14 heteroatoms. The minimum Gasteiger partial charge on any atom is -0.480 e. The first-order chi connectivity index (χ1) is 27.3. The summed E-state index contributed by atoms with van der Waals surface area (Å²) in [5, 5.41) is 20.1. The third-order valence-corrected chi connectivity index (χ3v) is 9.73. The van der Waals surface area contributed by atoms with Crippen LogP contribution in [0.3, 0.4) is 0 Å². The fraction of sp³-hybridized carbons (Fsp3) is 0.419. The molecule has 57 heavy (non-hydrogen) atoms. The molecule has 0 saturated carbocycles. The molecule has 3 rings (SSSR count). The van der Waals surface area contributed by atoms with Gasteiger partial charge >= 0.3 is 5.97 Å². The second kappa shape index (κ2) is 23.8. The summed E-state index contributed by atoms with van der Waals surface area (Å²) in [4.78, 5) is 87.7. The lowest BCUT2D eigenvalue weighted by molar-refractivity contribution is -0.142. The zero-order valence-electron chi connectivity index (χ0n) is 32.7. The average Bonchev–Trinajstić information content (AvgIpc) is 3.19. The number of nitrogens with one attached hydrogen (secondary N) is 4. The van der Waals surface area contributed by atoms with E-state index in [1.165, 1.54) is 0 Å². The number of benzene rings is 3. The minimum atomic E-state index is -1.33. The predicted octanol–water partition coefficient (Wildman–Crippen LogP) is 3.30. The Morgan fingerprint density at radius 2 is 1.07 bits per heavy atom. The molecule has 0 spiro atoms. The Labute approximate surface area is 333 Å². The largest absolute Gasteiger partial charge is 0.480 e. The lowest BCUT2D eigenvalue weighted by Gasteiger charge is -2.26. The summed E-state index contributed by atoms with van der Waals surface area (Å²) in [5.74, 6) is -5.07. The summed E-state index contributed by atoms with van der Waals surface area (Å²) in [6.07, 6.45) is 3.65. The van der Waals surface area contributed by atoms with Crippen LogP contribution in [-0.4, -0.2) is 70.7 Å². The number of hydrogen-bond donors (Lipinski definition) is 7. The van der Waals surface area contributed by atoms with E-state index < -0.39 is 66.1 Å². The van der Waals surface area contributed by atoms with Crippen molar-refractivity contribution in [1.29, 1.82) is 0 Å². The number of carbonyl (C=O) groups excluding carboxylic acids is 6. The number of aliphatic carboxylic acids is 1. The van der Waals surface area contributed by atoms with Crippen LogP contribution in [0.5, 0.6) is 0 Å². The van der Waals surface area contributed by atoms with Crippen LogP contribution in [0.4, 0.5) is 0 Å². The molecular formula is C43H56N6O8. The van der Waals surface area contributed by atoms with Gasteiger partial charge in [0.15, 0.2) is 0 Å². The molecule has 0 bridgehead atoms. The van der Waals surface area contributed by atoms with Gasteiger partial charge in [-0.05, 0) is 41.0 Å². The predicted molar refractivity (Wildman–Crippen MR) is 216 cm³/mol. The number of carboxylic acid groups (broad SMARTS) is 1. The van der Waals surface area contributed by atoms with Crippen LogP contribution in [0.25, 0.3) is 11.1 Å². The van der Waals surface area contributed by atoms with Crippen LogP contribution >= 0.6 is 0 Å². The van der Waals surface area contributed by atoms with Crippen LogP contribution < -0.4 is 32.7 Å². The molecule has 3 aromatic carbocycles. The average molecular weight is 785 g/mol. The van der Waals surface area contributed by atoms with Gasteiger partial charge in [-0.2, -0.15) is 0 Å². The number of carbonyl (C=O) groups is 7. The molecule has 0 aliphatic heterocycles. The lowest BCUT2D eigenvalue weighted by atomic mass is 9.96. The number of carboxylic acids is 1. The van der Waals surface area contributed by atoms with Gasteiger partial charge in [0.1, 0.15) is 24.2 Å². The van der Waals surface area contributed by atoms with Crippen molar-refractivity contribution in [2.45, 2.75) is 109 Å². The van der Waals surface area contributed by atoms with E-state index in [1.54, 1.807) is 30.3 Å². The van der Waals surface area contributed by atoms with Crippen LogP contribution in [0.15, 0.2) is 84.9 Å². The second-order valence-corrected chi connectivity index (χ2v) is 14.3. The van der Waals surface area contributed by atoms with E-state index in [1.807, 2.05) is 68.4 Å². The molecule has 0 aliphatic carbocycles. The van der Waals surface area contributed by atoms with Crippen molar-refractivity contribution in [3.63, 3.8) is 0 Å². The summed E-state index contributed by atoms with van der Waals surface area (Å²) in [7, 11) is 0. The van der Waals surface area contributed by atoms with Crippen molar-refractivity contribution < 1.29 is 38.7 Å². The van der Waals surface area contributed by atoms with Gasteiger partial charge in [-0.1, -0.05) is 124 Å². The molecule has 0 radical (unpaired) electrons. The zero-order valence-corrected chi connectivity index (χ0v) is 32.7. The van der Waals surface area contributed by atoms with E-state index >= 15 is 0 Å². The molecule has 3 aromatic rings. The van der Waals surface area contributed by atoms with E-state index in [-0.39, 0.29) is 37.5 Å². The molecule has 9 N–H and O–H groups in total. The van der Waals surface area contributed by atoms with E-state index in [4.69, 9.17) is 11.5 Å². The highest BCUT2D eigenvalue weighted by Gasteiger charge is 2.30. The van der Waals surface area contributed by atoms with E-state index in [2.05, 4.69) is 21.3 Å². The van der Waals surface area contributed by atoms with Crippen molar-refractivity contribution in [3.05, 3.63) is 96.1 Å². The molecule has 5 atom stereocenters. The first-order valence-electron chi connectivity index (χ1n) is 19.5. The molecule has 0 aliphatic rings. The third kappa shape index (κ3) is 16.3. The number of amides is 6. The number of rotatable bonds is 25. The Morgan fingerprint density at radius 1 is 0.579 bits per heavy atom. The maximum absolute atomic E-state index is 13.4. The standard InChI is InChI=1S/C43H56N6O8/c1-3-28(2)39(42(55)47-33(40(45)53)25-30-21-23-32(24-22-30)31-17-11-8-12-18-31)49-38(52)20-14-6-4-5-13-19-37(51)46-34(27-36(44)50)41(54)48-35(43(56)57)26-29-15-9-7-10-16-29/h7-12,15-18,21-24,28,33-35,39H,3-6,13-14,19-20,25-27H2,1-2H3,(H2,44,50)(H2,45,53)(H,46,51)(H,47,55)(H,48,54)(H,49,52)(H,56,57)/t28-,33+,34+,35+,39+/m1/s1. The molecule has 14 nitrogen and oxygen atoms in total. The van der Waals surface area contributed by atoms with Crippen molar-refractivity contribution in [2.75, 3.05) is 0 Å². The quantitative estimate of drug-likeness (QED) is 0.0628. The fourth-order valence-electron chi connectivity index (χ4n) is 6.23. The lowest BCUT2D eigenvalue weighted by Crippen LogP contribution is -2.55. The highest BCUT2D eigenvalue weighted by Crippen LogP contribution is 2.20. The first kappa shape index (κ1) is 45.3. The van der Waals surface area contributed by atoms with E-state index in [0.29, 0.717) is 44.1 Å². The topological polar surface area (TPSA) is 240 Å². The van der Waals surface area contributed by atoms with Crippen LogP contribution in [0, 0.1) is 5.92 Å². The Balaban J connectivity index is 1.41. The Hall–Kier alpha value is -6.05. The highest BCUT2D eigenvalue weighted by atomic mass is 16.4. The van der Waals surface area contributed by atoms with Crippen molar-refractivity contribution >= 4 is 41.4 Å². The fourth-order valence-corrected chi connectivity index (χ4v) is 6.23. The van der Waals surface area contributed by atoms with Crippen LogP contribution in [-0.2, 0) is 46.4 Å². The molecule has 0 unspecified atom stereocenters. The van der Waals surface area contributed by atoms with E-state index in [9.17, 15) is 38.7 Å². The SMILES string of the molecule is CC[C@@H](C)[C@H](NC(=O)CCCCCCCC(=O)N[C@@H](CC(N)=O)C(=O)N[C@@H](Cc1ccccc1)C(=O)O)C(=O)N[C@@H](Cc1ccc(-c2ccccc2)cc1)C(N)=O. The number of nitrogens with two attached hydrogens (primary N) is 2. The van der Waals surface area contributed by atoms with Gasteiger partial charge < -0.3 is 37.8 Å². The third-order valence-electron chi connectivity index (χ3n) is 9.73. The van der Waals surface area contributed by atoms with Gasteiger partial charge in [-0.25, -0.2) is 4.79 Å². The molecule has 0 heterocycles. The van der Waals surface area contributed by atoms with Gasteiger partial charge in [0.05, 0.1) is 6.42 Å². The minimum absolute atomic E-state index is 0.0121. The molecule has 6 amide bonds. The Morgan fingerprint density at radius 3 is 1.61 bits per heavy atom. The summed E-state index contributed by atoms with van der Waals surface area (Å²) >= 11 is 0. The monoisotopic (exact) mass is 784 g/mol. The van der Waals surface area contributed by atoms with Gasteiger partial charge in [-0.3, -0.25) is 28.8 Å². The maximum atomic E-state index is 13.4. The van der Waals surface area contributed by atoms with E-state index in [0.717, 1.165) is 16.7 Å². The summed E-state index contributed by atoms with van der Waals surface area (Å²) in [6.45, 7) is 3.76. The Kier molecular flexibility index (Phi) is 18.9. The smallest absolute Gasteiger partial charge is 0.326 e. The van der Waals surface area contributed by atoms with Crippen LogP contribution in [0.1, 0.15) is 82.8 Å². The highest BCUT2D eigenvalue weighted by molar-refractivity contribution is 5.94. The van der Waals surface area contributed by atoms with Crippen molar-refractivity contribution in [2.24, 2.45) is 17.4 Å². The van der Waals surface area contributed by atoms with Crippen LogP contribution in [0.2, 0.25) is 0 Å². The van der Waals surface area contributed by atoms with Gasteiger partial charge in [0.2, 0.25) is 35.4 Å². The Bertz CT molecular complexity index is 1790. The number of unbranched alkanes of at least 4 members (excludes halogenated alkanes) is 4. The number of primary amides is 2. The number of hydrogen-bond acceptors (Lipinski definition) is 7. The summed E-state index contributed by atoms with van der Waals surface area (Å²) < 4.78 is 0. The van der Waals surface area contributed by atoms with Gasteiger partial charge in [0.25, 0.3) is 0 Å². The molecule has 0 fully saturated rings. The van der Waals surface area contributed by atoms with Gasteiger partial charge in [0, 0.05) is 25.7 Å². The van der Waals surface area contributed by atoms with Gasteiger partial charge in [-0.15, -0.1) is 0 Å². The molecule has 0 aromatic heterocycles. The maximum Gasteiger partial charge on any atom is 0.326 e. The molecular weight excluding hydrogens is 729 g/mol.